The van der Waals surface area contributed by atoms with Crippen LogP contribution >= 0.6 is 0 Å². The molecule has 1 N–H and O–H groups in total. The summed E-state index contributed by atoms with van der Waals surface area (Å²) in [5, 5.41) is 10.3. The van der Waals surface area contributed by atoms with Gasteiger partial charge in [-0.1, -0.05) is 60.2 Å². The first-order valence-electron chi connectivity index (χ1n) is 7.67. The van der Waals surface area contributed by atoms with Crippen LogP contribution in [0.15, 0.2) is 66.7 Å². The van der Waals surface area contributed by atoms with E-state index in [2.05, 4.69) is 18.2 Å². The standard InChI is InChI=1S/C21H20O2/c1-15-11-12-21(22)19(13-15)18-10-6-9-17(20(18)14-23-2)16-7-4-3-5-8-16/h3-13,22H,14H2,1-2H3. The molecule has 0 fully saturated rings. The van der Waals surface area contributed by atoms with Crippen LogP contribution in [-0.2, 0) is 11.3 Å². The molecule has 0 aliphatic carbocycles. The molecule has 0 saturated carbocycles. The largest absolute Gasteiger partial charge is 0.507 e. The second-order valence-electron chi connectivity index (χ2n) is 5.65. The van der Waals surface area contributed by atoms with Crippen molar-refractivity contribution in [1.82, 2.24) is 0 Å². The van der Waals surface area contributed by atoms with Gasteiger partial charge in [0.2, 0.25) is 0 Å². The molecule has 0 aliphatic heterocycles. The first-order chi connectivity index (χ1) is 11.2. The molecule has 2 nitrogen and oxygen atoms in total. The molecule has 0 aromatic heterocycles. The van der Waals surface area contributed by atoms with Gasteiger partial charge in [0.15, 0.2) is 0 Å². The van der Waals surface area contributed by atoms with Gasteiger partial charge in [0, 0.05) is 12.7 Å². The lowest BCUT2D eigenvalue weighted by molar-refractivity contribution is 0.185. The Morgan fingerprint density at radius 3 is 2.30 bits per heavy atom. The fourth-order valence-electron chi connectivity index (χ4n) is 2.89. The van der Waals surface area contributed by atoms with E-state index in [0.717, 1.165) is 33.4 Å². The first-order valence-corrected chi connectivity index (χ1v) is 7.67. The van der Waals surface area contributed by atoms with E-state index in [1.54, 1.807) is 13.2 Å². The molecule has 0 radical (unpaired) electrons. The minimum Gasteiger partial charge on any atom is -0.507 e. The number of hydrogen-bond donors (Lipinski definition) is 1. The van der Waals surface area contributed by atoms with Crippen molar-refractivity contribution in [2.45, 2.75) is 13.5 Å². The number of ether oxygens (including phenoxy) is 1. The smallest absolute Gasteiger partial charge is 0.123 e. The number of phenolic OH excluding ortho intramolecular Hbond substituents is 1. The molecule has 3 aromatic carbocycles. The molecule has 0 atom stereocenters. The minimum atomic E-state index is 0.290. The van der Waals surface area contributed by atoms with Crippen molar-refractivity contribution in [2.24, 2.45) is 0 Å². The molecule has 0 aliphatic rings. The third kappa shape index (κ3) is 3.13. The van der Waals surface area contributed by atoms with Gasteiger partial charge in [-0.05, 0) is 41.3 Å². The number of hydrogen-bond acceptors (Lipinski definition) is 2. The molecular weight excluding hydrogens is 284 g/mol. The lowest BCUT2D eigenvalue weighted by atomic mass is 9.91. The monoisotopic (exact) mass is 304 g/mol. The van der Waals surface area contributed by atoms with Crippen molar-refractivity contribution in [1.29, 1.82) is 0 Å². The molecule has 3 rings (SSSR count). The Morgan fingerprint density at radius 2 is 1.57 bits per heavy atom. The zero-order valence-corrected chi connectivity index (χ0v) is 13.4. The Hall–Kier alpha value is -2.58. The second kappa shape index (κ2) is 6.67. The zero-order valence-electron chi connectivity index (χ0n) is 13.4. The van der Waals surface area contributed by atoms with Crippen LogP contribution in [-0.4, -0.2) is 12.2 Å². The Kier molecular flexibility index (Phi) is 4.45. The van der Waals surface area contributed by atoms with Crippen molar-refractivity contribution in [2.75, 3.05) is 7.11 Å². The van der Waals surface area contributed by atoms with Crippen LogP contribution in [0.25, 0.3) is 22.3 Å². The molecule has 0 amide bonds. The van der Waals surface area contributed by atoms with Crippen LogP contribution in [0.5, 0.6) is 5.75 Å². The normalized spacial score (nSPS) is 10.7. The summed E-state index contributed by atoms with van der Waals surface area (Å²) in [6.07, 6.45) is 0. The highest BCUT2D eigenvalue weighted by atomic mass is 16.5. The van der Waals surface area contributed by atoms with Crippen molar-refractivity contribution in [3.05, 3.63) is 77.9 Å². The fourth-order valence-corrected chi connectivity index (χ4v) is 2.89. The van der Waals surface area contributed by atoms with Gasteiger partial charge in [-0.3, -0.25) is 0 Å². The van der Waals surface area contributed by atoms with Crippen LogP contribution in [0, 0.1) is 6.92 Å². The lowest BCUT2D eigenvalue weighted by Gasteiger charge is -2.16. The van der Waals surface area contributed by atoms with E-state index in [9.17, 15) is 5.11 Å². The maximum Gasteiger partial charge on any atom is 0.123 e. The van der Waals surface area contributed by atoms with Crippen LogP contribution in [0.3, 0.4) is 0 Å². The van der Waals surface area contributed by atoms with Gasteiger partial charge in [0.25, 0.3) is 0 Å². The predicted molar refractivity (Wildman–Crippen MR) is 94.4 cm³/mol. The van der Waals surface area contributed by atoms with Gasteiger partial charge < -0.3 is 9.84 Å². The van der Waals surface area contributed by atoms with Crippen LogP contribution in [0.2, 0.25) is 0 Å². The van der Waals surface area contributed by atoms with Gasteiger partial charge in [0.1, 0.15) is 5.75 Å². The molecular formula is C21H20O2. The Morgan fingerprint density at radius 1 is 0.826 bits per heavy atom. The van der Waals surface area contributed by atoms with Crippen molar-refractivity contribution >= 4 is 0 Å². The van der Waals surface area contributed by atoms with E-state index >= 15 is 0 Å². The summed E-state index contributed by atoms with van der Waals surface area (Å²) in [5.41, 5.74) is 6.33. The van der Waals surface area contributed by atoms with E-state index in [4.69, 9.17) is 4.74 Å². The summed E-state index contributed by atoms with van der Waals surface area (Å²) in [6.45, 7) is 2.52. The van der Waals surface area contributed by atoms with E-state index in [-0.39, 0.29) is 5.75 Å². The topological polar surface area (TPSA) is 29.5 Å². The Bertz CT molecular complexity index is 807. The Labute approximate surface area is 137 Å². The summed E-state index contributed by atoms with van der Waals surface area (Å²) < 4.78 is 5.44. The summed E-state index contributed by atoms with van der Waals surface area (Å²) in [5.74, 6) is 0.290. The highest BCUT2D eigenvalue weighted by Gasteiger charge is 2.14. The van der Waals surface area contributed by atoms with Gasteiger partial charge in [-0.25, -0.2) is 0 Å². The minimum absolute atomic E-state index is 0.290. The molecule has 116 valence electrons. The summed E-state index contributed by atoms with van der Waals surface area (Å²) in [6, 6.07) is 22.1. The number of benzene rings is 3. The molecule has 23 heavy (non-hydrogen) atoms. The van der Waals surface area contributed by atoms with Gasteiger partial charge in [-0.15, -0.1) is 0 Å². The molecule has 3 aromatic rings. The molecule has 0 saturated heterocycles. The Balaban J connectivity index is 2.23. The maximum atomic E-state index is 10.3. The molecule has 0 heterocycles. The molecule has 0 unspecified atom stereocenters. The van der Waals surface area contributed by atoms with Gasteiger partial charge in [-0.2, -0.15) is 0 Å². The third-order valence-electron chi connectivity index (χ3n) is 3.99. The van der Waals surface area contributed by atoms with E-state index < -0.39 is 0 Å². The highest BCUT2D eigenvalue weighted by Crippen LogP contribution is 2.37. The van der Waals surface area contributed by atoms with Crippen LogP contribution in [0.4, 0.5) is 0 Å². The third-order valence-corrected chi connectivity index (χ3v) is 3.99. The van der Waals surface area contributed by atoms with Crippen molar-refractivity contribution in [3.63, 3.8) is 0 Å². The van der Waals surface area contributed by atoms with Crippen molar-refractivity contribution < 1.29 is 9.84 Å². The first kappa shape index (κ1) is 15.3. The predicted octanol–water partition coefficient (Wildman–Crippen LogP) is 5.18. The number of rotatable bonds is 4. The number of aromatic hydroxyl groups is 1. The average Bonchev–Trinajstić information content (AvgIpc) is 2.58. The van der Waals surface area contributed by atoms with Crippen LogP contribution < -0.4 is 0 Å². The average molecular weight is 304 g/mol. The van der Waals surface area contributed by atoms with Gasteiger partial charge in [0.05, 0.1) is 6.61 Å². The van der Waals surface area contributed by atoms with E-state index in [1.165, 1.54) is 0 Å². The lowest BCUT2D eigenvalue weighted by Crippen LogP contribution is -1.97. The summed E-state index contributed by atoms with van der Waals surface area (Å²) in [7, 11) is 1.70. The van der Waals surface area contributed by atoms with E-state index in [0.29, 0.717) is 6.61 Å². The van der Waals surface area contributed by atoms with Crippen molar-refractivity contribution in [3.8, 4) is 28.0 Å². The zero-order chi connectivity index (χ0) is 16.2. The number of aryl methyl sites for hydroxylation is 1. The number of phenols is 1. The summed E-state index contributed by atoms with van der Waals surface area (Å²) in [4.78, 5) is 0. The molecule has 2 heteroatoms. The maximum absolute atomic E-state index is 10.3. The van der Waals surface area contributed by atoms with Gasteiger partial charge >= 0.3 is 0 Å². The quantitative estimate of drug-likeness (QED) is 0.719. The van der Waals surface area contributed by atoms with Crippen LogP contribution in [0.1, 0.15) is 11.1 Å². The molecule has 0 spiro atoms. The second-order valence-corrected chi connectivity index (χ2v) is 5.65. The highest BCUT2D eigenvalue weighted by molar-refractivity contribution is 5.81. The summed E-state index contributed by atoms with van der Waals surface area (Å²) >= 11 is 0. The molecule has 0 bridgehead atoms. The van der Waals surface area contributed by atoms with E-state index in [1.807, 2.05) is 49.4 Å². The number of methoxy groups -OCH3 is 1. The SMILES string of the molecule is COCc1c(-c2ccccc2)cccc1-c1cc(C)ccc1O. The fraction of sp³-hybridized carbons (Fsp3) is 0.143.